The van der Waals surface area contributed by atoms with Crippen molar-refractivity contribution in [2.75, 3.05) is 18.9 Å². The third kappa shape index (κ3) is 4.92. The smallest absolute Gasteiger partial charge is 0.187 e. The summed E-state index contributed by atoms with van der Waals surface area (Å²) in [6.45, 7) is 5.16. The Balaban J connectivity index is 2.41. The van der Waals surface area contributed by atoms with Crippen molar-refractivity contribution in [2.45, 2.75) is 31.5 Å². The van der Waals surface area contributed by atoms with Crippen LogP contribution >= 0.6 is 11.8 Å². The second kappa shape index (κ2) is 7.60. The summed E-state index contributed by atoms with van der Waals surface area (Å²) in [7, 11) is 0. The van der Waals surface area contributed by atoms with Gasteiger partial charge >= 0.3 is 0 Å². The fourth-order valence-corrected chi connectivity index (χ4v) is 2.34. The van der Waals surface area contributed by atoms with Gasteiger partial charge in [-0.05, 0) is 26.0 Å². The van der Waals surface area contributed by atoms with Gasteiger partial charge in [-0.2, -0.15) is 0 Å². The molecule has 1 heterocycles. The Labute approximate surface area is 101 Å². The summed E-state index contributed by atoms with van der Waals surface area (Å²) in [5.74, 6) is 0.887. The molecule has 4 nitrogen and oxygen atoms in total. The predicted molar refractivity (Wildman–Crippen MR) is 66.7 cm³/mol. The van der Waals surface area contributed by atoms with E-state index in [4.69, 9.17) is 5.11 Å². The van der Waals surface area contributed by atoms with Gasteiger partial charge in [-0.3, -0.25) is 0 Å². The zero-order valence-corrected chi connectivity index (χ0v) is 10.6. The normalized spacial score (nSPS) is 12.7. The fraction of sp³-hybridized carbons (Fsp3) is 0.636. The Bertz CT molecular complexity index is 303. The Morgan fingerprint density at radius 3 is 3.00 bits per heavy atom. The highest BCUT2D eigenvalue weighted by molar-refractivity contribution is 7.99. The van der Waals surface area contributed by atoms with Crippen LogP contribution in [0.4, 0.5) is 0 Å². The molecule has 16 heavy (non-hydrogen) atoms. The van der Waals surface area contributed by atoms with Gasteiger partial charge in [0.1, 0.15) is 0 Å². The number of thioether (sulfide) groups is 1. The minimum absolute atomic E-state index is 0.215. The van der Waals surface area contributed by atoms with E-state index >= 15 is 0 Å². The van der Waals surface area contributed by atoms with Crippen molar-refractivity contribution < 1.29 is 5.11 Å². The van der Waals surface area contributed by atoms with Crippen LogP contribution in [0.2, 0.25) is 0 Å². The van der Waals surface area contributed by atoms with E-state index in [0.717, 1.165) is 29.6 Å². The molecule has 0 fully saturated rings. The summed E-state index contributed by atoms with van der Waals surface area (Å²) in [5, 5.41) is 13.1. The number of aryl methyl sites for hydroxylation is 1. The molecule has 0 aliphatic rings. The van der Waals surface area contributed by atoms with Crippen molar-refractivity contribution in [1.82, 2.24) is 15.3 Å². The summed E-state index contributed by atoms with van der Waals surface area (Å²) in [6.07, 6.45) is 2.55. The molecule has 1 unspecified atom stereocenters. The van der Waals surface area contributed by atoms with Gasteiger partial charge in [-0.1, -0.05) is 18.7 Å². The Hall–Kier alpha value is -0.650. The van der Waals surface area contributed by atoms with Gasteiger partial charge in [0.15, 0.2) is 5.16 Å². The van der Waals surface area contributed by atoms with Gasteiger partial charge in [-0.25, -0.2) is 9.97 Å². The average molecular weight is 241 g/mol. The third-order valence-corrected chi connectivity index (χ3v) is 3.18. The zero-order valence-electron chi connectivity index (χ0n) is 9.81. The molecule has 0 radical (unpaired) electrons. The summed E-state index contributed by atoms with van der Waals surface area (Å²) >= 11 is 1.63. The predicted octanol–water partition coefficient (Wildman–Crippen LogP) is 1.24. The lowest BCUT2D eigenvalue weighted by Gasteiger charge is -2.15. The lowest BCUT2D eigenvalue weighted by molar-refractivity contribution is 0.271. The molecule has 0 amide bonds. The average Bonchev–Trinajstić information content (AvgIpc) is 2.27. The van der Waals surface area contributed by atoms with Crippen LogP contribution in [0.3, 0.4) is 0 Å². The number of aliphatic hydroxyl groups excluding tert-OH is 1. The van der Waals surface area contributed by atoms with E-state index in [1.165, 1.54) is 0 Å². The van der Waals surface area contributed by atoms with Gasteiger partial charge in [0.2, 0.25) is 0 Å². The van der Waals surface area contributed by atoms with Crippen molar-refractivity contribution >= 4 is 11.8 Å². The molecular formula is C11H19N3OS. The molecule has 1 rings (SSSR count). The molecule has 5 heteroatoms. The minimum atomic E-state index is 0.215. The Morgan fingerprint density at radius 1 is 1.56 bits per heavy atom. The van der Waals surface area contributed by atoms with Crippen LogP contribution in [0.1, 0.15) is 19.0 Å². The molecule has 1 aromatic rings. The van der Waals surface area contributed by atoms with Crippen LogP contribution in [0, 0.1) is 6.92 Å². The van der Waals surface area contributed by atoms with Crippen LogP contribution in [-0.4, -0.2) is 40.0 Å². The number of nitrogens with zero attached hydrogens (tertiary/aromatic N) is 2. The molecule has 0 aliphatic heterocycles. The van der Waals surface area contributed by atoms with Crippen molar-refractivity contribution in [3.8, 4) is 0 Å². The molecule has 1 aromatic heterocycles. The molecule has 1 atom stereocenters. The van der Waals surface area contributed by atoms with E-state index in [1.807, 2.05) is 13.0 Å². The van der Waals surface area contributed by atoms with Crippen LogP contribution in [0.5, 0.6) is 0 Å². The highest BCUT2D eigenvalue weighted by atomic mass is 32.2. The SMILES string of the molecule is CCNC(CCO)CSc1nccc(C)n1. The van der Waals surface area contributed by atoms with Gasteiger partial charge in [0.25, 0.3) is 0 Å². The number of hydrogen-bond acceptors (Lipinski definition) is 5. The van der Waals surface area contributed by atoms with Crippen LogP contribution in [0.25, 0.3) is 0 Å². The van der Waals surface area contributed by atoms with Crippen molar-refractivity contribution in [3.63, 3.8) is 0 Å². The summed E-state index contributed by atoms with van der Waals surface area (Å²) in [5.41, 5.74) is 0.986. The van der Waals surface area contributed by atoms with Crippen LogP contribution in [-0.2, 0) is 0 Å². The molecule has 0 saturated carbocycles. The van der Waals surface area contributed by atoms with Gasteiger partial charge in [0, 0.05) is 30.3 Å². The molecule has 2 N–H and O–H groups in total. The van der Waals surface area contributed by atoms with Crippen molar-refractivity contribution in [3.05, 3.63) is 18.0 Å². The monoisotopic (exact) mass is 241 g/mol. The maximum atomic E-state index is 8.92. The third-order valence-electron chi connectivity index (χ3n) is 2.16. The van der Waals surface area contributed by atoms with E-state index in [0.29, 0.717) is 6.04 Å². The number of aliphatic hydroxyl groups is 1. The second-order valence-electron chi connectivity index (χ2n) is 3.56. The zero-order chi connectivity index (χ0) is 11.8. The lowest BCUT2D eigenvalue weighted by Crippen LogP contribution is -2.32. The molecule has 90 valence electrons. The van der Waals surface area contributed by atoms with Crippen LogP contribution in [0.15, 0.2) is 17.4 Å². The van der Waals surface area contributed by atoms with Gasteiger partial charge < -0.3 is 10.4 Å². The van der Waals surface area contributed by atoms with Gasteiger partial charge in [0.05, 0.1) is 0 Å². The van der Waals surface area contributed by atoms with Gasteiger partial charge in [-0.15, -0.1) is 0 Å². The number of nitrogens with one attached hydrogen (secondary N) is 1. The van der Waals surface area contributed by atoms with E-state index in [2.05, 4.69) is 22.2 Å². The highest BCUT2D eigenvalue weighted by Crippen LogP contribution is 2.14. The molecule has 0 bridgehead atoms. The number of hydrogen-bond donors (Lipinski definition) is 2. The topological polar surface area (TPSA) is 58.0 Å². The lowest BCUT2D eigenvalue weighted by atomic mass is 10.2. The standard InChI is InChI=1S/C11H19N3OS/c1-3-12-10(5-7-15)8-16-11-13-6-4-9(2)14-11/h4,6,10,12,15H,3,5,7-8H2,1-2H3. The first-order valence-electron chi connectivity index (χ1n) is 5.53. The van der Waals surface area contributed by atoms with Crippen LogP contribution < -0.4 is 5.32 Å². The first kappa shape index (κ1) is 13.4. The summed E-state index contributed by atoms with van der Waals surface area (Å²) < 4.78 is 0. The number of rotatable bonds is 7. The fourth-order valence-electron chi connectivity index (χ4n) is 1.36. The first-order valence-corrected chi connectivity index (χ1v) is 6.51. The van der Waals surface area contributed by atoms with E-state index in [9.17, 15) is 0 Å². The van der Waals surface area contributed by atoms with E-state index in [1.54, 1.807) is 18.0 Å². The Morgan fingerprint density at radius 2 is 2.38 bits per heavy atom. The molecule has 0 aromatic carbocycles. The van der Waals surface area contributed by atoms with Crippen molar-refractivity contribution in [1.29, 1.82) is 0 Å². The largest absolute Gasteiger partial charge is 0.396 e. The first-order chi connectivity index (χ1) is 7.76. The molecular weight excluding hydrogens is 222 g/mol. The second-order valence-corrected chi connectivity index (χ2v) is 4.55. The van der Waals surface area contributed by atoms with Crippen molar-refractivity contribution in [2.24, 2.45) is 0 Å². The molecule has 0 saturated heterocycles. The molecule has 0 spiro atoms. The summed E-state index contributed by atoms with van der Waals surface area (Å²) in [4.78, 5) is 8.52. The Kier molecular flexibility index (Phi) is 6.37. The number of aromatic nitrogens is 2. The van der Waals surface area contributed by atoms with E-state index < -0.39 is 0 Å². The maximum absolute atomic E-state index is 8.92. The van der Waals surface area contributed by atoms with E-state index in [-0.39, 0.29) is 6.61 Å². The highest BCUT2D eigenvalue weighted by Gasteiger charge is 2.08. The maximum Gasteiger partial charge on any atom is 0.187 e. The quantitative estimate of drug-likeness (QED) is 0.555. The summed E-state index contributed by atoms with van der Waals surface area (Å²) in [6, 6.07) is 2.21. The molecule has 0 aliphatic carbocycles. The minimum Gasteiger partial charge on any atom is -0.396 e.